The Balaban J connectivity index is 1.42. The molecule has 0 fully saturated rings. The van der Waals surface area contributed by atoms with E-state index in [1.54, 1.807) is 18.2 Å². The van der Waals surface area contributed by atoms with Gasteiger partial charge >= 0.3 is 0 Å². The predicted molar refractivity (Wildman–Crippen MR) is 125 cm³/mol. The zero-order valence-electron chi connectivity index (χ0n) is 16.5. The van der Waals surface area contributed by atoms with Crippen molar-refractivity contribution >= 4 is 34.4 Å². The van der Waals surface area contributed by atoms with E-state index in [-0.39, 0.29) is 5.78 Å². The first-order valence-electron chi connectivity index (χ1n) is 10.0. The number of Topliss-reactive ketones (excluding diaryl/α,β-unsaturated/α-hetero) is 1. The summed E-state index contributed by atoms with van der Waals surface area (Å²) in [5.41, 5.74) is 3.18. The summed E-state index contributed by atoms with van der Waals surface area (Å²) in [6, 6.07) is 22.6. The van der Waals surface area contributed by atoms with Crippen molar-refractivity contribution in [2.45, 2.75) is 18.9 Å². The molecule has 5 rings (SSSR count). The van der Waals surface area contributed by atoms with Crippen LogP contribution in [0.2, 0.25) is 5.02 Å². The van der Waals surface area contributed by atoms with Crippen LogP contribution in [0.1, 0.15) is 32.7 Å². The van der Waals surface area contributed by atoms with E-state index in [2.05, 4.69) is 22.4 Å². The van der Waals surface area contributed by atoms with Gasteiger partial charge in [-0.15, -0.1) is 11.3 Å². The van der Waals surface area contributed by atoms with Crippen molar-refractivity contribution in [1.82, 2.24) is 4.98 Å². The van der Waals surface area contributed by atoms with E-state index in [1.165, 1.54) is 16.9 Å². The number of nitrogens with zero attached hydrogens (tertiary/aromatic N) is 1. The highest BCUT2D eigenvalue weighted by Gasteiger charge is 2.30. The minimum atomic E-state index is -0.611. The van der Waals surface area contributed by atoms with Gasteiger partial charge in [0.2, 0.25) is 5.78 Å². The molecule has 2 heterocycles. The lowest BCUT2D eigenvalue weighted by molar-refractivity contribution is 0.0965. The summed E-state index contributed by atoms with van der Waals surface area (Å²) in [6.07, 6.45) is 1.70. The van der Waals surface area contributed by atoms with Gasteiger partial charge in [-0.25, -0.2) is 4.98 Å². The molecule has 1 aliphatic heterocycles. The van der Waals surface area contributed by atoms with Crippen LogP contribution < -0.4 is 10.1 Å². The Morgan fingerprint density at radius 3 is 2.68 bits per heavy atom. The molecule has 3 aromatic carbocycles. The third-order valence-corrected chi connectivity index (χ3v) is 6.37. The minimum Gasteiger partial charge on any atom is -0.455 e. The normalized spacial score (nSPS) is 14.5. The fraction of sp³-hybridized carbons (Fsp3) is 0.120. The molecule has 6 heteroatoms. The molecule has 0 saturated carbocycles. The van der Waals surface area contributed by atoms with Crippen molar-refractivity contribution in [3.05, 3.63) is 105 Å². The lowest BCUT2D eigenvalue weighted by atomic mass is 10.00. The van der Waals surface area contributed by atoms with E-state index in [0.29, 0.717) is 27.9 Å². The van der Waals surface area contributed by atoms with Gasteiger partial charge in [0, 0.05) is 22.4 Å². The molecule has 1 aromatic heterocycles. The first-order chi connectivity index (χ1) is 15.2. The monoisotopic (exact) mass is 446 g/mol. The number of benzene rings is 3. The van der Waals surface area contributed by atoms with Gasteiger partial charge in [0.1, 0.15) is 17.5 Å². The molecule has 0 spiro atoms. The van der Waals surface area contributed by atoms with Gasteiger partial charge in [-0.2, -0.15) is 0 Å². The van der Waals surface area contributed by atoms with Crippen molar-refractivity contribution < 1.29 is 9.53 Å². The number of ether oxygens (including phenoxy) is 1. The first-order valence-corrected chi connectivity index (χ1v) is 11.3. The van der Waals surface area contributed by atoms with Crippen molar-refractivity contribution in [2.24, 2.45) is 0 Å². The minimum absolute atomic E-state index is 0.0916. The average Bonchev–Trinajstić information content (AvgIpc) is 3.21. The lowest BCUT2D eigenvalue weighted by Gasteiger charge is -2.16. The zero-order chi connectivity index (χ0) is 21.2. The van der Waals surface area contributed by atoms with E-state index in [1.807, 2.05) is 47.8 Å². The fourth-order valence-electron chi connectivity index (χ4n) is 3.66. The number of carbonyl (C=O) groups excluding carboxylic acids is 1. The van der Waals surface area contributed by atoms with E-state index < -0.39 is 6.04 Å². The summed E-state index contributed by atoms with van der Waals surface area (Å²) in [5, 5.41) is 6.70. The van der Waals surface area contributed by atoms with E-state index in [9.17, 15) is 4.79 Å². The van der Waals surface area contributed by atoms with Gasteiger partial charge in [-0.3, -0.25) is 4.79 Å². The molecule has 0 amide bonds. The van der Waals surface area contributed by atoms with Crippen LogP contribution in [-0.4, -0.2) is 10.8 Å². The predicted octanol–water partition coefficient (Wildman–Crippen LogP) is 6.72. The first kappa shape index (κ1) is 19.8. The highest BCUT2D eigenvalue weighted by molar-refractivity contribution is 7.09. The maximum atomic E-state index is 13.5. The molecule has 0 saturated heterocycles. The molecule has 1 unspecified atom stereocenters. The number of hydrogen-bond donors (Lipinski definition) is 1. The molecular weight excluding hydrogens is 428 g/mol. The SMILES string of the molecule is O=C(c1csc(CCc2ccccc2)n1)C1Nc2cc(Cl)ccc2Oc2ccccc21. The van der Waals surface area contributed by atoms with Crippen molar-refractivity contribution in [3.63, 3.8) is 0 Å². The third kappa shape index (κ3) is 4.20. The number of para-hydroxylation sites is 1. The van der Waals surface area contributed by atoms with Gasteiger partial charge in [-0.05, 0) is 36.2 Å². The molecule has 31 heavy (non-hydrogen) atoms. The zero-order valence-corrected chi connectivity index (χ0v) is 18.1. The van der Waals surface area contributed by atoms with Gasteiger partial charge in [-0.1, -0.05) is 60.1 Å². The van der Waals surface area contributed by atoms with Crippen LogP contribution in [-0.2, 0) is 12.8 Å². The number of thiazole rings is 1. The number of halogens is 1. The molecule has 0 bridgehead atoms. The van der Waals surface area contributed by atoms with Crippen LogP contribution in [0, 0.1) is 0 Å². The second-order valence-corrected chi connectivity index (χ2v) is 8.71. The molecule has 1 atom stereocenters. The van der Waals surface area contributed by atoms with Crippen LogP contribution >= 0.6 is 22.9 Å². The Hall–Kier alpha value is -3.15. The number of hydrogen-bond acceptors (Lipinski definition) is 5. The standard InChI is InChI=1S/C25H19ClN2O2S/c26-17-11-12-22-19(14-17)28-24(18-8-4-5-9-21(18)30-22)25(29)20-15-31-23(27-20)13-10-16-6-2-1-3-7-16/h1-9,11-12,14-15,24,28H,10,13H2. The van der Waals surface area contributed by atoms with E-state index in [4.69, 9.17) is 16.3 Å². The number of aromatic nitrogens is 1. The number of rotatable bonds is 5. The van der Waals surface area contributed by atoms with Crippen LogP contribution in [0.25, 0.3) is 0 Å². The Kier molecular flexibility index (Phi) is 5.45. The second-order valence-electron chi connectivity index (χ2n) is 7.33. The van der Waals surface area contributed by atoms with Gasteiger partial charge < -0.3 is 10.1 Å². The summed E-state index contributed by atoms with van der Waals surface area (Å²) >= 11 is 7.71. The Morgan fingerprint density at radius 1 is 1.00 bits per heavy atom. The van der Waals surface area contributed by atoms with Crippen LogP contribution in [0.4, 0.5) is 5.69 Å². The van der Waals surface area contributed by atoms with E-state index in [0.717, 1.165) is 23.4 Å². The Bertz CT molecular complexity index is 1240. The van der Waals surface area contributed by atoms with Crippen LogP contribution in [0.5, 0.6) is 11.5 Å². The lowest BCUT2D eigenvalue weighted by Crippen LogP contribution is -2.21. The molecule has 1 N–H and O–H groups in total. The number of aryl methyl sites for hydroxylation is 2. The number of nitrogens with one attached hydrogen (secondary N) is 1. The van der Waals surface area contributed by atoms with Gasteiger partial charge in [0.15, 0.2) is 5.75 Å². The number of fused-ring (bicyclic) bond motifs is 2. The number of ketones is 1. The smallest absolute Gasteiger partial charge is 0.208 e. The van der Waals surface area contributed by atoms with Crippen molar-refractivity contribution in [1.29, 1.82) is 0 Å². The highest BCUT2D eigenvalue weighted by atomic mass is 35.5. The largest absolute Gasteiger partial charge is 0.455 e. The summed E-state index contributed by atoms with van der Waals surface area (Å²) in [4.78, 5) is 18.1. The second kappa shape index (κ2) is 8.53. The molecule has 0 aliphatic carbocycles. The Labute approximate surface area is 189 Å². The van der Waals surface area contributed by atoms with Crippen molar-refractivity contribution in [3.8, 4) is 11.5 Å². The molecular formula is C25H19ClN2O2S. The summed E-state index contributed by atoms with van der Waals surface area (Å²) in [6.45, 7) is 0. The quantitative estimate of drug-likeness (QED) is 0.345. The summed E-state index contributed by atoms with van der Waals surface area (Å²) < 4.78 is 6.08. The Morgan fingerprint density at radius 2 is 1.81 bits per heavy atom. The number of carbonyl (C=O) groups is 1. The molecule has 0 radical (unpaired) electrons. The highest BCUT2D eigenvalue weighted by Crippen LogP contribution is 2.42. The van der Waals surface area contributed by atoms with Gasteiger partial charge in [0.25, 0.3) is 0 Å². The fourth-order valence-corrected chi connectivity index (χ4v) is 4.62. The van der Waals surface area contributed by atoms with E-state index >= 15 is 0 Å². The topological polar surface area (TPSA) is 51.2 Å². The maximum Gasteiger partial charge on any atom is 0.208 e. The number of anilines is 1. The maximum absolute atomic E-state index is 13.5. The molecule has 4 aromatic rings. The summed E-state index contributed by atoms with van der Waals surface area (Å²) in [5.74, 6) is 1.19. The van der Waals surface area contributed by atoms with Crippen LogP contribution in [0.15, 0.2) is 78.2 Å². The average molecular weight is 447 g/mol. The molecule has 4 nitrogen and oxygen atoms in total. The molecule has 154 valence electrons. The molecule has 1 aliphatic rings. The van der Waals surface area contributed by atoms with Gasteiger partial charge in [0.05, 0.1) is 10.7 Å². The third-order valence-electron chi connectivity index (χ3n) is 5.23. The summed E-state index contributed by atoms with van der Waals surface area (Å²) in [7, 11) is 0. The van der Waals surface area contributed by atoms with Crippen molar-refractivity contribution in [2.75, 3.05) is 5.32 Å². The van der Waals surface area contributed by atoms with Crippen LogP contribution in [0.3, 0.4) is 0 Å².